The third-order valence-corrected chi connectivity index (χ3v) is 17.4. The lowest BCUT2D eigenvalue weighted by Gasteiger charge is -2.27. The fourth-order valence-electron chi connectivity index (χ4n) is 10.8. The summed E-state index contributed by atoms with van der Waals surface area (Å²) in [6.45, 7) is 7.04. The summed E-state index contributed by atoms with van der Waals surface area (Å²) in [5.41, 5.74) is 0. The fraction of sp³-hybridized carbons (Fsp3) is 0.840. The molecule has 0 radical (unpaired) electrons. The van der Waals surface area contributed by atoms with Gasteiger partial charge >= 0.3 is 13.8 Å². The number of carbonyl (C=O) groups excluding carboxylic acids is 2. The summed E-state index contributed by atoms with van der Waals surface area (Å²) in [7, 11) is 1.51. The van der Waals surface area contributed by atoms with E-state index in [4.69, 9.17) is 13.8 Å². The minimum Gasteiger partial charge on any atom is -0.456 e. The van der Waals surface area contributed by atoms with Gasteiger partial charge in [-0.15, -0.1) is 0 Å². The number of quaternary nitrogens is 1. The molecule has 0 rings (SSSR count). The first-order valence-corrected chi connectivity index (χ1v) is 38.1. The number of ether oxygens (including phenoxy) is 1. The average molecular weight is 1210 g/mol. The lowest BCUT2D eigenvalue weighted by Crippen LogP contribution is -2.47. The molecule has 10 heteroatoms. The molecule has 3 atom stereocenters. The number of phosphoric ester groups is 1. The van der Waals surface area contributed by atoms with E-state index in [1.165, 1.54) is 244 Å². The lowest BCUT2D eigenvalue weighted by atomic mass is 10.0. The van der Waals surface area contributed by atoms with Crippen LogP contribution in [0.15, 0.2) is 60.8 Å². The largest absolute Gasteiger partial charge is 0.472 e. The number of unbranched alkanes of at least 4 members (excludes halogenated alkanes) is 43. The number of likely N-dealkylation sites (N-methyl/N-ethyl adjacent to an activating group) is 1. The van der Waals surface area contributed by atoms with Crippen molar-refractivity contribution in [2.45, 2.75) is 367 Å². The molecular formula is C75H142N2O7P+. The highest BCUT2D eigenvalue weighted by Crippen LogP contribution is 2.43. The van der Waals surface area contributed by atoms with Crippen molar-refractivity contribution < 1.29 is 37.3 Å². The second-order valence-corrected chi connectivity index (χ2v) is 27.6. The molecule has 0 aromatic heterocycles. The molecule has 0 saturated carbocycles. The Kier molecular flexibility index (Phi) is 62.9. The summed E-state index contributed by atoms with van der Waals surface area (Å²) in [4.78, 5) is 37.9. The molecule has 0 aliphatic carbocycles. The van der Waals surface area contributed by atoms with Crippen molar-refractivity contribution in [2.75, 3.05) is 40.9 Å². The molecular weight excluding hydrogens is 1070 g/mol. The maximum atomic E-state index is 13.6. The zero-order valence-electron chi connectivity index (χ0n) is 57.1. The van der Waals surface area contributed by atoms with Gasteiger partial charge in [0.15, 0.2) is 0 Å². The summed E-state index contributed by atoms with van der Waals surface area (Å²) in [6, 6.07) is -0.850. The van der Waals surface area contributed by atoms with E-state index in [1.54, 1.807) is 0 Å². The van der Waals surface area contributed by atoms with Crippen LogP contribution in [0.2, 0.25) is 0 Å². The molecule has 0 saturated heterocycles. The first-order chi connectivity index (χ1) is 41.4. The molecule has 0 aromatic carbocycles. The number of amides is 1. The standard InChI is InChI=1S/C75H141N2O7P/c1-7-10-13-16-19-22-25-28-30-32-34-35-36-37-38-39-40-41-43-44-46-49-52-55-58-61-64-67-74(78)76-72(71-83-85(80,81)82-70-69-77(4,5)6)73(66-63-60-57-54-51-48-27-24-21-18-15-12-9-3)84-75(79)68-65-62-59-56-53-50-47-45-42-33-31-29-26-23-20-17-14-11-8-2/h19,22,28,30,34-35,37-38,63,66,72-73H,7-18,20-21,23-27,29,31-33,36,39-62,64-65,67-71H2,1-6H3,(H-,76,78,80,81)/p+1/b22-19-,30-28-,35-34-,38-37-,66-63-. The molecule has 0 fully saturated rings. The van der Waals surface area contributed by atoms with E-state index in [2.05, 4.69) is 74.7 Å². The number of nitrogens with one attached hydrogen (secondary N) is 1. The molecule has 0 bridgehead atoms. The lowest BCUT2D eigenvalue weighted by molar-refractivity contribution is -0.870. The van der Waals surface area contributed by atoms with Crippen LogP contribution in [0.5, 0.6) is 0 Å². The summed E-state index contributed by atoms with van der Waals surface area (Å²) in [6.07, 6.45) is 83.7. The van der Waals surface area contributed by atoms with Gasteiger partial charge in [0.05, 0.1) is 33.8 Å². The molecule has 0 aliphatic rings. The number of allylic oxidation sites excluding steroid dienone is 9. The summed E-state index contributed by atoms with van der Waals surface area (Å²) >= 11 is 0. The van der Waals surface area contributed by atoms with E-state index in [1.807, 2.05) is 33.3 Å². The van der Waals surface area contributed by atoms with E-state index in [9.17, 15) is 19.0 Å². The smallest absolute Gasteiger partial charge is 0.456 e. The summed E-state index contributed by atoms with van der Waals surface area (Å²) in [5.74, 6) is -0.492. The van der Waals surface area contributed by atoms with E-state index >= 15 is 0 Å². The Morgan fingerprint density at radius 2 is 0.718 bits per heavy atom. The Labute approximate surface area is 528 Å². The number of phosphoric acid groups is 1. The summed E-state index contributed by atoms with van der Waals surface area (Å²) < 4.78 is 30.9. The van der Waals surface area contributed by atoms with Crippen LogP contribution in [0.3, 0.4) is 0 Å². The van der Waals surface area contributed by atoms with Gasteiger partial charge in [-0.25, -0.2) is 4.57 Å². The van der Waals surface area contributed by atoms with Crippen LogP contribution in [0.25, 0.3) is 0 Å². The van der Waals surface area contributed by atoms with Crippen molar-refractivity contribution in [1.82, 2.24) is 5.32 Å². The van der Waals surface area contributed by atoms with Gasteiger partial charge in [-0.05, 0) is 76.7 Å². The molecule has 85 heavy (non-hydrogen) atoms. The molecule has 0 heterocycles. The number of nitrogens with zero attached hydrogens (tertiary/aromatic N) is 1. The van der Waals surface area contributed by atoms with Crippen molar-refractivity contribution in [3.63, 3.8) is 0 Å². The van der Waals surface area contributed by atoms with Gasteiger partial charge in [-0.3, -0.25) is 18.6 Å². The Bertz CT molecular complexity index is 1640. The third-order valence-electron chi connectivity index (χ3n) is 16.5. The zero-order chi connectivity index (χ0) is 62.1. The first kappa shape index (κ1) is 82.7. The zero-order valence-corrected chi connectivity index (χ0v) is 58.0. The summed E-state index contributed by atoms with van der Waals surface area (Å²) in [5, 5.41) is 3.08. The molecule has 2 N–H and O–H groups in total. The van der Waals surface area contributed by atoms with Gasteiger partial charge in [-0.2, -0.15) is 0 Å². The molecule has 1 amide bonds. The Balaban J connectivity index is 5.05. The van der Waals surface area contributed by atoms with Crippen LogP contribution in [0, 0.1) is 0 Å². The molecule has 3 unspecified atom stereocenters. The highest BCUT2D eigenvalue weighted by molar-refractivity contribution is 7.47. The van der Waals surface area contributed by atoms with E-state index in [0.29, 0.717) is 23.9 Å². The second kappa shape index (κ2) is 64.7. The molecule has 0 aromatic rings. The topological polar surface area (TPSA) is 111 Å². The van der Waals surface area contributed by atoms with Crippen molar-refractivity contribution in [3.05, 3.63) is 60.8 Å². The predicted octanol–water partition coefficient (Wildman–Crippen LogP) is 23.3. The molecule has 9 nitrogen and oxygen atoms in total. The third kappa shape index (κ3) is 66.0. The van der Waals surface area contributed by atoms with Crippen LogP contribution in [-0.4, -0.2) is 74.3 Å². The van der Waals surface area contributed by atoms with Crippen LogP contribution in [0.1, 0.15) is 355 Å². The van der Waals surface area contributed by atoms with E-state index in [-0.39, 0.29) is 25.1 Å². The minimum absolute atomic E-state index is 0.0405. The Hall–Kier alpha value is -2.29. The van der Waals surface area contributed by atoms with Gasteiger partial charge in [0.1, 0.15) is 19.3 Å². The van der Waals surface area contributed by atoms with E-state index < -0.39 is 20.0 Å². The molecule has 0 spiro atoms. The number of rotatable bonds is 67. The average Bonchev–Trinajstić information content (AvgIpc) is 3.53. The minimum atomic E-state index is -4.46. The predicted molar refractivity (Wildman–Crippen MR) is 369 cm³/mol. The van der Waals surface area contributed by atoms with Gasteiger partial charge < -0.3 is 19.4 Å². The van der Waals surface area contributed by atoms with Gasteiger partial charge in [0, 0.05) is 12.8 Å². The van der Waals surface area contributed by atoms with Crippen molar-refractivity contribution in [3.8, 4) is 0 Å². The van der Waals surface area contributed by atoms with Gasteiger partial charge in [0.2, 0.25) is 5.91 Å². The normalized spacial score (nSPS) is 13.8. The van der Waals surface area contributed by atoms with Crippen LogP contribution < -0.4 is 5.32 Å². The number of carbonyl (C=O) groups is 2. The van der Waals surface area contributed by atoms with Crippen LogP contribution in [-0.2, 0) is 27.9 Å². The molecule has 0 aliphatic heterocycles. The second-order valence-electron chi connectivity index (χ2n) is 26.1. The molecule has 498 valence electrons. The van der Waals surface area contributed by atoms with Gasteiger partial charge in [0.25, 0.3) is 0 Å². The Morgan fingerprint density at radius 1 is 0.412 bits per heavy atom. The van der Waals surface area contributed by atoms with Gasteiger partial charge in [-0.1, -0.05) is 326 Å². The SMILES string of the molecule is CCCCC/C=C\C/C=C\C/C=C\C/C=C\CCCCCCCCCCCCCC(=O)NC(COP(=O)(O)OCC[N+](C)(C)C)C(/C=C\CCCCCCCCCCCCC)OC(=O)CCCCCCCCCCCCCCCCCCCCC. The fourth-order valence-corrected chi connectivity index (χ4v) is 11.5. The maximum Gasteiger partial charge on any atom is 0.472 e. The number of esters is 1. The number of hydrogen-bond donors (Lipinski definition) is 2. The van der Waals surface area contributed by atoms with Crippen LogP contribution in [0.4, 0.5) is 0 Å². The maximum absolute atomic E-state index is 13.6. The highest BCUT2D eigenvalue weighted by atomic mass is 31.2. The quantitative estimate of drug-likeness (QED) is 0.0205. The monoisotopic (exact) mass is 1210 g/mol. The Morgan fingerprint density at radius 3 is 1.09 bits per heavy atom. The highest BCUT2D eigenvalue weighted by Gasteiger charge is 2.30. The van der Waals surface area contributed by atoms with Crippen molar-refractivity contribution >= 4 is 19.7 Å². The number of hydrogen-bond acceptors (Lipinski definition) is 6. The van der Waals surface area contributed by atoms with E-state index in [0.717, 1.165) is 77.0 Å². The van der Waals surface area contributed by atoms with Crippen molar-refractivity contribution in [1.29, 1.82) is 0 Å². The van der Waals surface area contributed by atoms with Crippen molar-refractivity contribution in [2.24, 2.45) is 0 Å². The first-order valence-electron chi connectivity index (χ1n) is 36.6. The van der Waals surface area contributed by atoms with Crippen LogP contribution >= 0.6 is 7.82 Å².